The fourth-order valence-electron chi connectivity index (χ4n) is 1.67. The van der Waals surface area contributed by atoms with E-state index in [9.17, 15) is 22.8 Å². The molecule has 0 aliphatic heterocycles. The lowest BCUT2D eigenvalue weighted by molar-refractivity contribution is -0.140. The van der Waals surface area contributed by atoms with Gasteiger partial charge in [0, 0.05) is 10.0 Å². The summed E-state index contributed by atoms with van der Waals surface area (Å²) in [5.74, 6) is -2.08. The Bertz CT molecular complexity index is 546. The molecule has 0 saturated heterocycles. The van der Waals surface area contributed by atoms with Crippen molar-refractivity contribution >= 4 is 27.8 Å². The number of rotatable bonds is 5. The molecule has 4 nitrogen and oxygen atoms in total. The van der Waals surface area contributed by atoms with Crippen LogP contribution in [0.2, 0.25) is 0 Å². The second kappa shape index (κ2) is 6.93. The molecule has 1 aromatic rings. The van der Waals surface area contributed by atoms with E-state index in [2.05, 4.69) is 21.2 Å². The van der Waals surface area contributed by atoms with Gasteiger partial charge in [-0.15, -0.1) is 0 Å². The Balaban J connectivity index is 3.00. The highest BCUT2D eigenvalue weighted by molar-refractivity contribution is 9.10. The van der Waals surface area contributed by atoms with E-state index >= 15 is 0 Å². The second-order valence-electron chi connectivity index (χ2n) is 4.35. The highest BCUT2D eigenvalue weighted by Crippen LogP contribution is 2.35. The van der Waals surface area contributed by atoms with Crippen molar-refractivity contribution in [2.45, 2.75) is 32.0 Å². The molecule has 21 heavy (non-hydrogen) atoms. The zero-order chi connectivity index (χ0) is 16.2. The third-order valence-electron chi connectivity index (χ3n) is 2.71. The molecule has 1 atom stereocenters. The largest absolute Gasteiger partial charge is 0.480 e. The van der Waals surface area contributed by atoms with Gasteiger partial charge in [0.1, 0.15) is 6.04 Å². The van der Waals surface area contributed by atoms with Crippen LogP contribution < -0.4 is 5.32 Å². The Kier molecular flexibility index (Phi) is 5.77. The van der Waals surface area contributed by atoms with Crippen molar-refractivity contribution in [1.29, 1.82) is 0 Å². The minimum atomic E-state index is -4.61. The lowest BCUT2D eigenvalue weighted by Crippen LogP contribution is -2.40. The van der Waals surface area contributed by atoms with Crippen LogP contribution in [0.4, 0.5) is 13.2 Å². The van der Waals surface area contributed by atoms with Crippen LogP contribution in [0.3, 0.4) is 0 Å². The molecule has 0 heterocycles. The Labute approximate surface area is 127 Å². The van der Waals surface area contributed by atoms with E-state index in [-0.39, 0.29) is 16.5 Å². The van der Waals surface area contributed by atoms with Crippen molar-refractivity contribution < 1.29 is 27.9 Å². The maximum atomic E-state index is 12.7. The maximum Gasteiger partial charge on any atom is 0.417 e. The lowest BCUT2D eigenvalue weighted by atomic mass is 10.1. The van der Waals surface area contributed by atoms with Gasteiger partial charge in [-0.05, 0) is 24.6 Å². The molecule has 1 aromatic carbocycles. The van der Waals surface area contributed by atoms with Gasteiger partial charge in [-0.1, -0.05) is 29.3 Å². The van der Waals surface area contributed by atoms with Crippen molar-refractivity contribution in [1.82, 2.24) is 5.32 Å². The van der Waals surface area contributed by atoms with Crippen molar-refractivity contribution in [3.05, 3.63) is 33.8 Å². The molecule has 0 saturated carbocycles. The smallest absolute Gasteiger partial charge is 0.417 e. The molecular weight excluding hydrogens is 355 g/mol. The number of halogens is 4. The number of carboxylic acid groups (broad SMARTS) is 1. The van der Waals surface area contributed by atoms with Gasteiger partial charge in [0.15, 0.2) is 0 Å². The first-order chi connectivity index (χ1) is 9.66. The van der Waals surface area contributed by atoms with Gasteiger partial charge in [0.25, 0.3) is 5.91 Å². The summed E-state index contributed by atoms with van der Waals surface area (Å²) in [5, 5.41) is 11.1. The fourth-order valence-corrected chi connectivity index (χ4v) is 2.14. The third-order valence-corrected chi connectivity index (χ3v) is 3.41. The summed E-state index contributed by atoms with van der Waals surface area (Å²) in [6.07, 6.45) is -3.89. The van der Waals surface area contributed by atoms with Gasteiger partial charge in [-0.2, -0.15) is 13.2 Å². The van der Waals surface area contributed by atoms with Crippen molar-refractivity contribution in [2.75, 3.05) is 0 Å². The predicted octanol–water partition coefficient (Wildman–Crippen LogP) is 3.45. The van der Waals surface area contributed by atoms with Crippen LogP contribution >= 0.6 is 15.9 Å². The van der Waals surface area contributed by atoms with E-state index < -0.39 is 29.7 Å². The molecule has 1 amide bonds. The number of aliphatic carboxylic acids is 1. The molecule has 0 spiro atoms. The summed E-state index contributed by atoms with van der Waals surface area (Å²) >= 11 is 2.77. The van der Waals surface area contributed by atoms with Crippen molar-refractivity contribution in [3.63, 3.8) is 0 Å². The highest BCUT2D eigenvalue weighted by Gasteiger charge is 2.33. The van der Waals surface area contributed by atoms with Gasteiger partial charge in [0.05, 0.1) is 5.56 Å². The normalized spacial score (nSPS) is 12.8. The molecule has 0 unspecified atom stereocenters. The topological polar surface area (TPSA) is 66.4 Å². The van der Waals surface area contributed by atoms with E-state index in [0.717, 1.165) is 6.07 Å². The van der Waals surface area contributed by atoms with Crippen LogP contribution in [0.5, 0.6) is 0 Å². The molecule has 0 fully saturated rings. The molecular formula is C13H13BrF3NO3. The van der Waals surface area contributed by atoms with Gasteiger partial charge < -0.3 is 10.4 Å². The van der Waals surface area contributed by atoms with Gasteiger partial charge in [-0.3, -0.25) is 4.79 Å². The Morgan fingerprint density at radius 1 is 1.38 bits per heavy atom. The quantitative estimate of drug-likeness (QED) is 0.837. The average molecular weight is 368 g/mol. The maximum absolute atomic E-state index is 12.7. The molecule has 116 valence electrons. The summed E-state index contributed by atoms with van der Waals surface area (Å²) in [4.78, 5) is 22.8. The SMILES string of the molecule is CCC[C@@H](NC(=O)c1ccc(Br)c(C(F)(F)F)c1)C(=O)O. The number of carbonyl (C=O) groups is 2. The molecule has 0 radical (unpaired) electrons. The van der Waals surface area contributed by atoms with E-state index in [1.807, 2.05) is 0 Å². The fraction of sp³-hybridized carbons (Fsp3) is 0.385. The third kappa shape index (κ3) is 4.73. The summed E-state index contributed by atoms with van der Waals surface area (Å²) in [6, 6.07) is 1.86. The Hall–Kier alpha value is -1.57. The lowest BCUT2D eigenvalue weighted by Gasteiger charge is -2.15. The molecule has 0 aliphatic rings. The van der Waals surface area contributed by atoms with Crippen LogP contribution in [0.15, 0.2) is 22.7 Å². The van der Waals surface area contributed by atoms with Crippen LogP contribution in [-0.2, 0) is 11.0 Å². The number of alkyl halides is 3. The molecule has 0 aromatic heterocycles. The number of hydrogen-bond acceptors (Lipinski definition) is 2. The number of nitrogens with one attached hydrogen (secondary N) is 1. The van der Waals surface area contributed by atoms with Crippen LogP contribution in [0.25, 0.3) is 0 Å². The monoisotopic (exact) mass is 367 g/mol. The summed E-state index contributed by atoms with van der Waals surface area (Å²) in [5.41, 5.74) is -1.23. The predicted molar refractivity (Wildman–Crippen MR) is 72.9 cm³/mol. The van der Waals surface area contributed by atoms with Crippen LogP contribution in [0.1, 0.15) is 35.7 Å². The van der Waals surface area contributed by atoms with Gasteiger partial charge in [-0.25, -0.2) is 4.79 Å². The zero-order valence-corrected chi connectivity index (χ0v) is 12.6. The first-order valence-corrected chi connectivity index (χ1v) is 6.86. The second-order valence-corrected chi connectivity index (χ2v) is 5.20. The minimum Gasteiger partial charge on any atom is -0.480 e. The Morgan fingerprint density at radius 2 is 2.00 bits per heavy atom. The highest BCUT2D eigenvalue weighted by atomic mass is 79.9. The number of carbonyl (C=O) groups excluding carboxylic acids is 1. The van der Waals surface area contributed by atoms with E-state index in [0.29, 0.717) is 12.5 Å². The van der Waals surface area contributed by atoms with Gasteiger partial charge >= 0.3 is 12.1 Å². The zero-order valence-electron chi connectivity index (χ0n) is 11.0. The molecule has 0 bridgehead atoms. The van der Waals surface area contributed by atoms with Gasteiger partial charge in [0.2, 0.25) is 0 Å². The first kappa shape index (κ1) is 17.5. The van der Waals surface area contributed by atoms with Crippen LogP contribution in [0, 0.1) is 0 Å². The molecule has 2 N–H and O–H groups in total. The van der Waals surface area contributed by atoms with E-state index in [1.54, 1.807) is 6.92 Å². The van der Waals surface area contributed by atoms with Crippen molar-refractivity contribution in [2.24, 2.45) is 0 Å². The minimum absolute atomic E-state index is 0.185. The summed E-state index contributed by atoms with van der Waals surface area (Å²) in [7, 11) is 0. The first-order valence-electron chi connectivity index (χ1n) is 6.07. The van der Waals surface area contributed by atoms with E-state index in [4.69, 9.17) is 5.11 Å². The average Bonchev–Trinajstić information content (AvgIpc) is 2.37. The number of benzene rings is 1. The Morgan fingerprint density at radius 3 is 2.48 bits per heavy atom. The number of carboxylic acids is 1. The van der Waals surface area contributed by atoms with Crippen LogP contribution in [-0.4, -0.2) is 23.0 Å². The number of amides is 1. The summed E-state index contributed by atoms with van der Waals surface area (Å²) in [6.45, 7) is 1.74. The standard InChI is InChI=1S/C13H13BrF3NO3/c1-2-3-10(12(20)21)18-11(19)7-4-5-9(14)8(6-7)13(15,16)17/h4-6,10H,2-3H2,1H3,(H,18,19)(H,20,21)/t10-/m1/s1. The molecule has 0 aliphatic carbocycles. The van der Waals surface area contributed by atoms with E-state index in [1.165, 1.54) is 6.07 Å². The van der Waals surface area contributed by atoms with Crippen molar-refractivity contribution in [3.8, 4) is 0 Å². The number of hydrogen-bond donors (Lipinski definition) is 2. The summed E-state index contributed by atoms with van der Waals surface area (Å²) < 4.78 is 38.1. The molecule has 8 heteroatoms. The molecule has 1 rings (SSSR count).